The van der Waals surface area contributed by atoms with Crippen LogP contribution in [0.1, 0.15) is 26.3 Å². The number of hydrogen-bond acceptors (Lipinski definition) is 5. The molecular weight excluding hydrogens is 308 g/mol. The van der Waals surface area contributed by atoms with Crippen LogP contribution >= 0.6 is 0 Å². The molecule has 0 aromatic heterocycles. The van der Waals surface area contributed by atoms with Crippen molar-refractivity contribution in [3.8, 4) is 11.5 Å². The van der Waals surface area contributed by atoms with E-state index in [2.05, 4.69) is 11.8 Å². The molecule has 2 unspecified atom stereocenters. The van der Waals surface area contributed by atoms with E-state index in [1.807, 2.05) is 36.9 Å². The van der Waals surface area contributed by atoms with E-state index in [9.17, 15) is 4.79 Å². The summed E-state index contributed by atoms with van der Waals surface area (Å²) in [6.45, 7) is 9.68. The highest BCUT2D eigenvalue weighted by Crippen LogP contribution is 2.32. The van der Waals surface area contributed by atoms with Crippen molar-refractivity contribution in [1.82, 2.24) is 9.80 Å². The fraction of sp³-hybridized carbons (Fsp3) is 0.611. The molecule has 1 aromatic rings. The summed E-state index contributed by atoms with van der Waals surface area (Å²) in [5.41, 5.74) is 1.12. The first-order chi connectivity index (χ1) is 11.5. The minimum Gasteiger partial charge on any atom is -0.454 e. The van der Waals surface area contributed by atoms with Gasteiger partial charge in [-0.05, 0) is 38.1 Å². The van der Waals surface area contributed by atoms with Crippen LogP contribution in [0.2, 0.25) is 0 Å². The van der Waals surface area contributed by atoms with Crippen LogP contribution in [0.25, 0.3) is 0 Å². The van der Waals surface area contributed by atoms with Gasteiger partial charge in [0.05, 0.1) is 18.8 Å². The Morgan fingerprint density at radius 1 is 1.21 bits per heavy atom. The average Bonchev–Trinajstić information content (AvgIpc) is 3.00. The molecular formula is C18H26N2O4. The molecule has 1 amide bonds. The van der Waals surface area contributed by atoms with Crippen LogP contribution in [-0.2, 0) is 16.1 Å². The van der Waals surface area contributed by atoms with Gasteiger partial charge >= 0.3 is 0 Å². The summed E-state index contributed by atoms with van der Waals surface area (Å²) in [7, 11) is 0. The maximum Gasteiger partial charge on any atom is 0.236 e. The maximum absolute atomic E-state index is 12.6. The molecule has 0 N–H and O–H groups in total. The molecule has 1 saturated heterocycles. The summed E-state index contributed by atoms with van der Waals surface area (Å²) < 4.78 is 16.5. The first-order valence-corrected chi connectivity index (χ1v) is 8.59. The van der Waals surface area contributed by atoms with E-state index in [0.29, 0.717) is 26.2 Å². The lowest BCUT2D eigenvalue weighted by Crippen LogP contribution is -2.51. The molecule has 2 aliphatic heterocycles. The molecule has 0 aliphatic carbocycles. The van der Waals surface area contributed by atoms with Gasteiger partial charge in [-0.3, -0.25) is 9.69 Å². The lowest BCUT2D eigenvalue weighted by Gasteiger charge is -2.36. The van der Waals surface area contributed by atoms with Gasteiger partial charge in [0.2, 0.25) is 12.7 Å². The number of morpholine rings is 1. The molecule has 0 saturated carbocycles. The third kappa shape index (κ3) is 3.99. The van der Waals surface area contributed by atoms with Crippen LogP contribution in [0.5, 0.6) is 11.5 Å². The van der Waals surface area contributed by atoms with E-state index < -0.39 is 0 Å². The Balaban J connectivity index is 1.59. The van der Waals surface area contributed by atoms with E-state index in [1.54, 1.807) is 0 Å². The number of carbonyl (C=O) groups is 1. The van der Waals surface area contributed by atoms with Gasteiger partial charge in [-0.2, -0.15) is 0 Å². The van der Waals surface area contributed by atoms with Crippen LogP contribution in [0, 0.1) is 0 Å². The Kier molecular flexibility index (Phi) is 5.26. The van der Waals surface area contributed by atoms with E-state index in [4.69, 9.17) is 14.2 Å². The number of nitrogens with zero attached hydrogens (tertiary/aromatic N) is 2. The number of amides is 1. The van der Waals surface area contributed by atoms with Gasteiger partial charge in [0.25, 0.3) is 0 Å². The van der Waals surface area contributed by atoms with Crippen molar-refractivity contribution >= 4 is 5.91 Å². The normalized spacial score (nSPS) is 22.9. The molecule has 2 heterocycles. The quantitative estimate of drug-likeness (QED) is 0.823. The highest BCUT2D eigenvalue weighted by Gasteiger charge is 2.26. The summed E-state index contributed by atoms with van der Waals surface area (Å²) in [6.07, 6.45) is 0.197. The number of benzene rings is 1. The molecule has 1 fully saturated rings. The summed E-state index contributed by atoms with van der Waals surface area (Å²) in [4.78, 5) is 16.7. The van der Waals surface area contributed by atoms with Crippen molar-refractivity contribution in [2.75, 3.05) is 33.0 Å². The van der Waals surface area contributed by atoms with Crippen LogP contribution < -0.4 is 9.47 Å². The van der Waals surface area contributed by atoms with E-state index in [1.165, 1.54) is 0 Å². The summed E-state index contributed by atoms with van der Waals surface area (Å²) >= 11 is 0. The Morgan fingerprint density at radius 3 is 2.62 bits per heavy atom. The van der Waals surface area contributed by atoms with Crippen LogP contribution in [0.3, 0.4) is 0 Å². The largest absolute Gasteiger partial charge is 0.454 e. The van der Waals surface area contributed by atoms with Gasteiger partial charge in [-0.25, -0.2) is 0 Å². The number of carbonyl (C=O) groups excluding carboxylic acids is 1. The van der Waals surface area contributed by atoms with Gasteiger partial charge in [-0.15, -0.1) is 0 Å². The number of likely N-dealkylation sites (N-methyl/N-ethyl adjacent to an activating group) is 1. The monoisotopic (exact) mass is 334 g/mol. The van der Waals surface area contributed by atoms with Crippen LogP contribution in [0.15, 0.2) is 18.2 Å². The summed E-state index contributed by atoms with van der Waals surface area (Å²) in [6, 6.07) is 5.95. The zero-order valence-electron chi connectivity index (χ0n) is 14.7. The highest BCUT2D eigenvalue weighted by molar-refractivity contribution is 5.78. The van der Waals surface area contributed by atoms with Crippen molar-refractivity contribution in [3.63, 3.8) is 0 Å². The number of fused-ring (bicyclic) bond motifs is 1. The second-order valence-electron chi connectivity index (χ2n) is 6.55. The standard InChI is InChI=1S/C18H26N2O4/c1-4-19(10-15-5-6-16-17(7-15)23-12-22-16)11-18(21)20-8-13(2)24-14(3)9-20/h5-7,13-14H,4,8-12H2,1-3H3. The summed E-state index contributed by atoms with van der Waals surface area (Å²) in [5, 5.41) is 0. The molecule has 24 heavy (non-hydrogen) atoms. The van der Waals surface area contributed by atoms with Crippen molar-refractivity contribution < 1.29 is 19.0 Å². The third-order valence-electron chi connectivity index (χ3n) is 4.42. The topological polar surface area (TPSA) is 51.2 Å². The highest BCUT2D eigenvalue weighted by atomic mass is 16.7. The molecule has 3 rings (SSSR count). The third-order valence-corrected chi connectivity index (χ3v) is 4.42. The minimum absolute atomic E-state index is 0.0987. The predicted octanol–water partition coefficient (Wildman–Crippen LogP) is 1.87. The maximum atomic E-state index is 12.6. The Bertz CT molecular complexity index is 582. The molecule has 1 aromatic carbocycles. The smallest absolute Gasteiger partial charge is 0.236 e. The minimum atomic E-state index is 0.0987. The van der Waals surface area contributed by atoms with Crippen molar-refractivity contribution in [2.45, 2.75) is 39.5 Å². The number of hydrogen-bond donors (Lipinski definition) is 0. The Hall–Kier alpha value is -1.79. The van der Waals surface area contributed by atoms with Gasteiger partial charge in [0.15, 0.2) is 11.5 Å². The van der Waals surface area contributed by atoms with Gasteiger partial charge in [0, 0.05) is 19.6 Å². The molecule has 2 aliphatic rings. The van der Waals surface area contributed by atoms with E-state index in [0.717, 1.165) is 23.6 Å². The van der Waals surface area contributed by atoms with Gasteiger partial charge in [0.1, 0.15) is 0 Å². The Labute approximate surface area is 143 Å². The zero-order valence-corrected chi connectivity index (χ0v) is 14.7. The first kappa shape index (κ1) is 17.0. The van der Waals surface area contributed by atoms with Crippen molar-refractivity contribution in [1.29, 1.82) is 0 Å². The van der Waals surface area contributed by atoms with Crippen LogP contribution in [0.4, 0.5) is 0 Å². The van der Waals surface area contributed by atoms with E-state index >= 15 is 0 Å². The Morgan fingerprint density at radius 2 is 1.92 bits per heavy atom. The second kappa shape index (κ2) is 7.40. The molecule has 132 valence electrons. The fourth-order valence-corrected chi connectivity index (χ4v) is 3.25. The first-order valence-electron chi connectivity index (χ1n) is 8.59. The lowest BCUT2D eigenvalue weighted by atomic mass is 10.2. The van der Waals surface area contributed by atoms with Crippen molar-refractivity contribution in [3.05, 3.63) is 23.8 Å². The van der Waals surface area contributed by atoms with Gasteiger partial charge in [-0.1, -0.05) is 13.0 Å². The second-order valence-corrected chi connectivity index (χ2v) is 6.55. The SMILES string of the molecule is CCN(CC(=O)N1CC(C)OC(C)C1)Cc1ccc2c(c1)OCO2. The summed E-state index contributed by atoms with van der Waals surface area (Å²) in [5.74, 6) is 1.74. The van der Waals surface area contributed by atoms with E-state index in [-0.39, 0.29) is 24.9 Å². The van der Waals surface area contributed by atoms with Crippen molar-refractivity contribution in [2.24, 2.45) is 0 Å². The molecule has 0 spiro atoms. The molecule has 6 heteroatoms. The zero-order chi connectivity index (χ0) is 17.1. The van der Waals surface area contributed by atoms with Gasteiger partial charge < -0.3 is 19.1 Å². The molecule has 2 atom stereocenters. The van der Waals surface area contributed by atoms with Crippen LogP contribution in [-0.4, -0.2) is 60.9 Å². The number of ether oxygens (including phenoxy) is 3. The molecule has 0 bridgehead atoms. The lowest BCUT2D eigenvalue weighted by molar-refractivity contribution is -0.144. The fourth-order valence-electron chi connectivity index (χ4n) is 3.25. The molecule has 0 radical (unpaired) electrons. The molecule has 6 nitrogen and oxygen atoms in total. The predicted molar refractivity (Wildman–Crippen MR) is 90.1 cm³/mol. The average molecular weight is 334 g/mol. The number of rotatable bonds is 5.